The third-order valence-corrected chi connectivity index (χ3v) is 9.54. The first-order chi connectivity index (χ1) is 20.7. The van der Waals surface area contributed by atoms with E-state index < -0.39 is 81.1 Å². The molecule has 2 aliphatic carbocycles. The number of carbonyl (C=O) groups excluding carboxylic acids is 7. The predicted octanol–water partition coefficient (Wildman–Crippen LogP) is 0.686. The molecule has 4 amide bonds. The van der Waals surface area contributed by atoms with Crippen LogP contribution in [-0.2, 0) is 53.2 Å². The maximum absolute atomic E-state index is 12.6. The van der Waals surface area contributed by atoms with Gasteiger partial charge in [-0.2, -0.15) is 8.42 Å². The third kappa shape index (κ3) is 8.11. The van der Waals surface area contributed by atoms with Gasteiger partial charge in [-0.15, -0.1) is 0 Å². The van der Waals surface area contributed by atoms with Crippen LogP contribution in [0.3, 0.4) is 0 Å². The topological polar surface area (TPSA) is 223 Å². The monoisotopic (exact) mass is 635 g/mol. The molecule has 0 saturated heterocycles. The minimum atomic E-state index is -5.16. The lowest BCUT2D eigenvalue weighted by Gasteiger charge is -2.29. The van der Waals surface area contributed by atoms with E-state index in [9.17, 15) is 46.5 Å². The minimum absolute atomic E-state index is 0.0200. The smallest absolute Gasteiger partial charge is 0.335 e. The SMILES string of the molecule is N=C(CC(C(=O)OC(=O)C1CCC(CN2C(=O)C=CC2=O)CC1)S(=O)(=O)O)OC(=O)C1CCC(CN2C(=O)C=CC2=O)CC1. The van der Waals surface area contributed by atoms with Crippen molar-refractivity contribution in [3.8, 4) is 0 Å². The number of imide groups is 2. The molecule has 15 nitrogen and oxygen atoms in total. The second kappa shape index (κ2) is 13.7. The Bertz CT molecular complexity index is 1380. The van der Waals surface area contributed by atoms with Crippen LogP contribution in [0.15, 0.2) is 24.3 Å². The van der Waals surface area contributed by atoms with Crippen LogP contribution < -0.4 is 0 Å². The van der Waals surface area contributed by atoms with E-state index in [0.29, 0.717) is 38.5 Å². The molecule has 0 aromatic carbocycles. The number of hydrogen-bond donors (Lipinski definition) is 2. The van der Waals surface area contributed by atoms with Crippen LogP contribution in [0.25, 0.3) is 0 Å². The van der Waals surface area contributed by atoms with Gasteiger partial charge in [0, 0.05) is 37.4 Å². The molecule has 2 heterocycles. The molecule has 0 radical (unpaired) electrons. The van der Waals surface area contributed by atoms with Crippen molar-refractivity contribution in [1.29, 1.82) is 5.41 Å². The van der Waals surface area contributed by atoms with Crippen molar-refractivity contribution in [3.05, 3.63) is 24.3 Å². The highest BCUT2D eigenvalue weighted by Crippen LogP contribution is 2.32. The summed E-state index contributed by atoms with van der Waals surface area (Å²) < 4.78 is 43.2. The molecular formula is C28H33N3O12S. The summed E-state index contributed by atoms with van der Waals surface area (Å²) in [5.74, 6) is -7.45. The van der Waals surface area contributed by atoms with E-state index in [4.69, 9.17) is 14.9 Å². The number of hydrogen-bond acceptors (Lipinski definition) is 12. The average Bonchev–Trinajstić information content (AvgIpc) is 3.46. The zero-order valence-electron chi connectivity index (χ0n) is 23.7. The van der Waals surface area contributed by atoms with Crippen LogP contribution >= 0.6 is 0 Å². The number of nitrogens with zero attached hydrogens (tertiary/aromatic N) is 2. The molecule has 2 saturated carbocycles. The molecule has 0 bridgehead atoms. The van der Waals surface area contributed by atoms with E-state index >= 15 is 0 Å². The van der Waals surface area contributed by atoms with Gasteiger partial charge in [-0.1, -0.05) is 0 Å². The summed E-state index contributed by atoms with van der Waals surface area (Å²) in [5, 5.41) is 5.57. The van der Waals surface area contributed by atoms with Crippen molar-refractivity contribution in [2.45, 2.75) is 63.0 Å². The highest BCUT2D eigenvalue weighted by atomic mass is 32.2. The van der Waals surface area contributed by atoms with Gasteiger partial charge in [0.05, 0.1) is 18.3 Å². The lowest BCUT2D eigenvalue weighted by atomic mass is 9.82. The zero-order valence-corrected chi connectivity index (χ0v) is 24.5. The van der Waals surface area contributed by atoms with Gasteiger partial charge in [-0.3, -0.25) is 53.3 Å². The van der Waals surface area contributed by atoms with E-state index in [1.54, 1.807) is 0 Å². The Balaban J connectivity index is 1.22. The van der Waals surface area contributed by atoms with Gasteiger partial charge >= 0.3 is 17.9 Å². The Kier molecular flexibility index (Phi) is 10.2. The van der Waals surface area contributed by atoms with Gasteiger partial charge in [0.25, 0.3) is 33.7 Å². The molecular weight excluding hydrogens is 602 g/mol. The summed E-state index contributed by atoms with van der Waals surface area (Å²) in [6.07, 6.45) is 6.78. The Morgan fingerprint density at radius 2 is 1.09 bits per heavy atom. The number of carbonyl (C=O) groups is 7. The lowest BCUT2D eigenvalue weighted by molar-refractivity contribution is -0.163. The fourth-order valence-corrected chi connectivity index (χ4v) is 6.53. The summed E-state index contributed by atoms with van der Waals surface area (Å²) in [5.41, 5.74) is 0. The van der Waals surface area contributed by atoms with Crippen molar-refractivity contribution in [3.63, 3.8) is 0 Å². The molecule has 4 rings (SSSR count). The zero-order chi connectivity index (χ0) is 32.2. The quantitative estimate of drug-likeness (QED) is 0.0845. The van der Waals surface area contributed by atoms with Gasteiger partial charge in [0.1, 0.15) is 0 Å². The molecule has 238 valence electrons. The second-order valence-electron chi connectivity index (χ2n) is 11.5. The Labute approximate surface area is 252 Å². The normalized spacial score (nSPS) is 26.2. The highest BCUT2D eigenvalue weighted by molar-refractivity contribution is 7.87. The number of ether oxygens (including phenoxy) is 2. The number of nitrogens with one attached hydrogen (secondary N) is 1. The summed E-state index contributed by atoms with van der Waals surface area (Å²) in [4.78, 5) is 87.1. The maximum Gasteiger partial charge on any atom is 0.335 e. The molecule has 1 unspecified atom stereocenters. The Morgan fingerprint density at radius 1 is 0.727 bits per heavy atom. The first-order valence-electron chi connectivity index (χ1n) is 14.3. The maximum atomic E-state index is 12.6. The second-order valence-corrected chi connectivity index (χ2v) is 13.1. The number of amides is 4. The highest BCUT2D eigenvalue weighted by Gasteiger charge is 2.39. The van der Waals surface area contributed by atoms with E-state index in [-0.39, 0.29) is 37.8 Å². The standard InChI is InChI=1S/C28H33N3O12S/c29-21(42-26(36)18-5-1-16(2-6-18)14-30-22(32)9-10-23(30)33)13-20(44(39,40)41)28(38)43-27(37)19-7-3-17(4-8-19)15-31-24(34)11-12-25(31)35/h9-12,16-20,29H,1-8,13-15H2,(H,39,40,41). The molecule has 4 aliphatic rings. The Morgan fingerprint density at radius 3 is 1.45 bits per heavy atom. The molecule has 0 aromatic rings. The largest absolute Gasteiger partial charge is 0.412 e. The van der Waals surface area contributed by atoms with Crippen molar-refractivity contribution >= 4 is 57.6 Å². The molecule has 0 spiro atoms. The number of esters is 3. The van der Waals surface area contributed by atoms with Crippen LogP contribution in [0.5, 0.6) is 0 Å². The Hall–Kier alpha value is -4.05. The van der Waals surface area contributed by atoms with Crippen molar-refractivity contribution < 1.29 is 56.0 Å². The molecule has 2 fully saturated rings. The van der Waals surface area contributed by atoms with Crippen LogP contribution in [0.1, 0.15) is 57.8 Å². The summed E-state index contributed by atoms with van der Waals surface area (Å²) >= 11 is 0. The van der Waals surface area contributed by atoms with E-state index in [1.165, 1.54) is 24.3 Å². The van der Waals surface area contributed by atoms with Crippen molar-refractivity contribution in [1.82, 2.24) is 9.80 Å². The van der Waals surface area contributed by atoms with Crippen LogP contribution in [0.2, 0.25) is 0 Å². The van der Waals surface area contributed by atoms with E-state index in [2.05, 4.69) is 0 Å². The first-order valence-corrected chi connectivity index (χ1v) is 15.8. The van der Waals surface area contributed by atoms with E-state index in [0.717, 1.165) is 9.80 Å². The van der Waals surface area contributed by atoms with Gasteiger partial charge in [0.15, 0.2) is 11.1 Å². The number of rotatable bonds is 10. The van der Waals surface area contributed by atoms with Crippen LogP contribution in [0.4, 0.5) is 0 Å². The molecule has 16 heteroatoms. The third-order valence-electron chi connectivity index (χ3n) is 8.46. The van der Waals surface area contributed by atoms with Gasteiger partial charge in [-0.05, 0) is 63.2 Å². The minimum Gasteiger partial charge on any atom is -0.412 e. The summed E-state index contributed by atoms with van der Waals surface area (Å²) in [7, 11) is -5.16. The summed E-state index contributed by atoms with van der Waals surface area (Å²) in [6, 6.07) is 0. The van der Waals surface area contributed by atoms with Crippen LogP contribution in [-0.4, -0.2) is 88.5 Å². The van der Waals surface area contributed by atoms with Crippen molar-refractivity contribution in [2.75, 3.05) is 13.1 Å². The average molecular weight is 636 g/mol. The first kappa shape index (κ1) is 32.9. The summed E-state index contributed by atoms with van der Waals surface area (Å²) in [6.45, 7) is 0.412. The molecule has 44 heavy (non-hydrogen) atoms. The fraction of sp³-hybridized carbons (Fsp3) is 0.571. The van der Waals surface area contributed by atoms with E-state index in [1.807, 2.05) is 0 Å². The van der Waals surface area contributed by atoms with Crippen molar-refractivity contribution in [2.24, 2.45) is 23.7 Å². The lowest BCUT2D eigenvalue weighted by Crippen LogP contribution is -2.39. The molecule has 2 N–H and O–H groups in total. The molecule has 0 aromatic heterocycles. The predicted molar refractivity (Wildman–Crippen MR) is 147 cm³/mol. The van der Waals surface area contributed by atoms with Gasteiger partial charge < -0.3 is 9.47 Å². The van der Waals surface area contributed by atoms with Crippen LogP contribution in [0, 0.1) is 29.1 Å². The molecule has 2 aliphatic heterocycles. The molecule has 1 atom stereocenters. The fourth-order valence-electron chi connectivity index (χ4n) is 5.87. The van der Waals surface area contributed by atoms with Gasteiger partial charge in [-0.25, -0.2) is 0 Å². The van der Waals surface area contributed by atoms with Gasteiger partial charge in [0.2, 0.25) is 0 Å².